The van der Waals surface area contributed by atoms with Gasteiger partial charge in [0.05, 0.1) is 54.6 Å². The van der Waals surface area contributed by atoms with E-state index >= 15 is 0 Å². The summed E-state index contributed by atoms with van der Waals surface area (Å²) in [6.45, 7) is 24.2. The number of nitrogens with one attached hydrogen (secondary N) is 3. The van der Waals surface area contributed by atoms with Crippen LogP contribution in [0.15, 0.2) is 60.7 Å². The lowest BCUT2D eigenvalue weighted by atomic mass is 9.43. The molecule has 12 rings (SSSR count). The Kier molecular flexibility index (Phi) is 16.9. The second-order valence-corrected chi connectivity index (χ2v) is 23.2. The Morgan fingerprint density at radius 2 is 1.29 bits per heavy atom. The third-order valence-electron chi connectivity index (χ3n) is 17.9. The van der Waals surface area contributed by atoms with Crippen LogP contribution in [-0.2, 0) is 50.5 Å². The molecule has 392 valence electrons. The second-order valence-electron chi connectivity index (χ2n) is 23.2. The van der Waals surface area contributed by atoms with Crippen molar-refractivity contribution in [3.8, 4) is 6.07 Å². The first-order chi connectivity index (χ1) is 34.8. The van der Waals surface area contributed by atoms with E-state index in [1.165, 1.54) is 18.9 Å². The number of rotatable bonds is 14. The van der Waals surface area contributed by atoms with Crippen LogP contribution in [0.2, 0.25) is 0 Å². The number of nitriles is 1. The second kappa shape index (κ2) is 22.7. The van der Waals surface area contributed by atoms with Gasteiger partial charge in [-0.3, -0.25) is 9.59 Å². The van der Waals surface area contributed by atoms with Gasteiger partial charge in [-0.1, -0.05) is 88.4 Å². The van der Waals surface area contributed by atoms with Crippen molar-refractivity contribution in [3.05, 3.63) is 83.2 Å². The van der Waals surface area contributed by atoms with Gasteiger partial charge in [-0.2, -0.15) is 5.26 Å². The molecular weight excluding hydrogens is 930 g/mol. The number of carbonyl (C=O) groups is 4. The number of alkyl carbamates (subject to hydrolysis) is 2. The number of ether oxygens (including phenoxy) is 2. The Balaban J connectivity index is 0.000000177. The molecule has 10 fully saturated rings. The number of carboxylic acids is 1. The number of benzene rings is 2. The summed E-state index contributed by atoms with van der Waals surface area (Å²) in [5.41, 5.74) is 2.12. The zero-order valence-corrected chi connectivity index (χ0v) is 43.4. The van der Waals surface area contributed by atoms with E-state index in [1.807, 2.05) is 48.5 Å². The van der Waals surface area contributed by atoms with E-state index in [1.54, 1.807) is 4.90 Å². The van der Waals surface area contributed by atoms with Crippen LogP contribution in [0.3, 0.4) is 0 Å². The van der Waals surface area contributed by atoms with E-state index in [9.17, 15) is 19.2 Å². The highest BCUT2D eigenvalue weighted by atomic mass is 16.7. The first-order valence-corrected chi connectivity index (χ1v) is 26.3. The average molecular weight is 1000 g/mol. The third-order valence-corrected chi connectivity index (χ3v) is 17.9. The highest BCUT2D eigenvalue weighted by molar-refractivity contribution is 6.48. The van der Waals surface area contributed by atoms with Gasteiger partial charge in [-0.25, -0.2) is 16.2 Å². The van der Waals surface area contributed by atoms with Crippen LogP contribution in [-0.4, -0.2) is 130 Å². The molecule has 0 unspecified atom stereocenters. The molecule has 3 amide bonds. The highest BCUT2D eigenvalue weighted by Gasteiger charge is 2.70. The zero-order chi connectivity index (χ0) is 52.1. The minimum absolute atomic E-state index is 0.0350. The minimum atomic E-state index is -1.07. The SMILES string of the molecule is CC1(C)[C@@H]2C[C@H]3OB([C@H](Cc4ccccc4)NC(=O)OC[C@H]4CCNC4)O[C@@]3(C)[C@H]1C2.N#CCC(=O)O.[C-]#[N+]CC(=O)N1CC[C@H](COC(=O)N[C@@H](Cc2ccccc2)B2O[C@@H]3C[C@@H]4C[C@@H](C4(C)C)[C@]3(C)O2)C1. The Morgan fingerprint density at radius 3 is 1.70 bits per heavy atom. The number of hydrogen-bond acceptors (Lipinski definition) is 12. The summed E-state index contributed by atoms with van der Waals surface area (Å²) in [6, 6.07) is 21.7. The summed E-state index contributed by atoms with van der Waals surface area (Å²) in [6.07, 6.45) is 6.28. The molecule has 6 aliphatic carbocycles. The van der Waals surface area contributed by atoms with Gasteiger partial charge < -0.3 is 58.9 Å². The molecule has 10 aliphatic rings. The molecule has 0 aromatic heterocycles. The van der Waals surface area contributed by atoms with E-state index in [4.69, 9.17) is 45.0 Å². The fourth-order valence-corrected chi connectivity index (χ4v) is 13.4. The average Bonchev–Trinajstić information content (AvgIpc) is 4.19. The van der Waals surface area contributed by atoms with E-state index in [2.05, 4.69) is 74.5 Å². The van der Waals surface area contributed by atoms with E-state index in [0.717, 1.165) is 49.9 Å². The quantitative estimate of drug-likeness (QED) is 0.117. The smallest absolute Gasteiger partial charge is 0.480 e. The number of hydrogen-bond donors (Lipinski definition) is 4. The van der Waals surface area contributed by atoms with Crippen LogP contribution < -0.4 is 16.0 Å². The van der Waals surface area contributed by atoms with Crippen LogP contribution in [0.25, 0.3) is 4.85 Å². The van der Waals surface area contributed by atoms with Crippen LogP contribution in [0.4, 0.5) is 9.59 Å². The standard InChI is InChI=1S/C27H36BN3O5.C24H35BN2O4.C3H3NO2/c1-26(2)20-13-21(26)27(3)22(14-20)35-28(36-27)23(12-18-8-6-5-7-9-18)30-25(33)34-17-19-10-11-31(16-19)24(32)15-29-4;1-23(2)18-12-19(23)24(3)20(13-18)30-25(31-24)21(11-16-7-5-4-6-8-16)27-22(28)29-15-17-9-10-26-14-17;4-2-1-3(5)6/h5-9,19-23H,10-17H2,1-3H3,(H,30,33);4-8,17-21,26H,9-15H2,1-3H3,(H,27,28);1H2,(H,5,6)/t19-,20-,21-,22+,23-,27-;17-,18-,19-,20+,21-,24-;/m00./s1. The van der Waals surface area contributed by atoms with Crippen LogP contribution in [0.1, 0.15) is 97.6 Å². The van der Waals surface area contributed by atoms with Crippen molar-refractivity contribution in [1.29, 1.82) is 5.26 Å². The van der Waals surface area contributed by atoms with E-state index in [0.29, 0.717) is 67.5 Å². The number of carbonyl (C=O) groups excluding carboxylic acids is 3. The van der Waals surface area contributed by atoms with Gasteiger partial charge in [0, 0.05) is 31.5 Å². The molecular formula is C54H74B2N6O11. The fourth-order valence-electron chi connectivity index (χ4n) is 13.4. The molecule has 4 N–H and O–H groups in total. The molecule has 2 aromatic carbocycles. The topological polar surface area (TPSA) is 211 Å². The van der Waals surface area contributed by atoms with Crippen molar-refractivity contribution in [2.75, 3.05) is 45.9 Å². The van der Waals surface area contributed by atoms with Gasteiger partial charge in [-0.15, -0.1) is 0 Å². The molecule has 4 aliphatic heterocycles. The summed E-state index contributed by atoms with van der Waals surface area (Å²) in [5, 5.41) is 24.7. The van der Waals surface area contributed by atoms with E-state index in [-0.39, 0.29) is 71.8 Å². The molecule has 4 saturated heterocycles. The molecule has 17 nitrogen and oxygen atoms in total. The highest BCUT2D eigenvalue weighted by Crippen LogP contribution is 2.67. The maximum atomic E-state index is 12.9. The van der Waals surface area contributed by atoms with Gasteiger partial charge in [0.15, 0.2) is 0 Å². The number of amides is 3. The normalized spacial score (nSPS) is 32.1. The monoisotopic (exact) mass is 1000 g/mol. The zero-order valence-electron chi connectivity index (χ0n) is 43.4. The van der Waals surface area contributed by atoms with E-state index < -0.39 is 32.7 Å². The Morgan fingerprint density at radius 1 is 0.795 bits per heavy atom. The maximum absolute atomic E-state index is 12.9. The fraction of sp³-hybridized carbons (Fsp3) is 0.667. The molecule has 0 spiro atoms. The van der Waals surface area contributed by atoms with Crippen molar-refractivity contribution in [2.24, 2.45) is 46.3 Å². The lowest BCUT2D eigenvalue weighted by molar-refractivity contribution is -0.199. The summed E-state index contributed by atoms with van der Waals surface area (Å²) < 4.78 is 37.4. The number of carboxylic acid groups (broad SMARTS) is 1. The van der Waals surface area contributed by atoms with Gasteiger partial charge >= 0.3 is 38.3 Å². The number of nitrogens with zero attached hydrogens (tertiary/aromatic N) is 3. The Bertz CT molecular complexity index is 2350. The Labute approximate surface area is 431 Å². The molecule has 0 radical (unpaired) electrons. The van der Waals surface area contributed by atoms with Crippen molar-refractivity contribution >= 4 is 38.3 Å². The molecule has 2 aromatic rings. The third kappa shape index (κ3) is 12.0. The van der Waals surface area contributed by atoms with Crippen LogP contribution in [0, 0.1) is 64.2 Å². The van der Waals surface area contributed by atoms with Crippen molar-refractivity contribution < 1.29 is 52.4 Å². The summed E-state index contributed by atoms with van der Waals surface area (Å²) in [5.74, 6) is 0.851. The molecule has 4 bridgehead atoms. The first kappa shape index (κ1) is 54.1. The lowest BCUT2D eigenvalue weighted by Gasteiger charge is -2.64. The van der Waals surface area contributed by atoms with Gasteiger partial charge in [-0.05, 0) is 117 Å². The van der Waals surface area contributed by atoms with Crippen LogP contribution >= 0.6 is 0 Å². The van der Waals surface area contributed by atoms with Gasteiger partial charge in [0.25, 0.3) is 6.54 Å². The van der Waals surface area contributed by atoms with Gasteiger partial charge in [0.2, 0.25) is 0 Å². The van der Waals surface area contributed by atoms with Crippen molar-refractivity contribution in [3.63, 3.8) is 0 Å². The summed E-state index contributed by atoms with van der Waals surface area (Å²) >= 11 is 0. The predicted octanol–water partition coefficient (Wildman–Crippen LogP) is 6.54. The van der Waals surface area contributed by atoms with Crippen molar-refractivity contribution in [1.82, 2.24) is 20.9 Å². The number of likely N-dealkylation sites (tertiary alicyclic amines) is 1. The maximum Gasteiger partial charge on any atom is 0.482 e. The predicted molar refractivity (Wildman–Crippen MR) is 272 cm³/mol. The first-order valence-electron chi connectivity index (χ1n) is 26.3. The summed E-state index contributed by atoms with van der Waals surface area (Å²) in [4.78, 5) is 51.7. The lowest BCUT2D eigenvalue weighted by Crippen LogP contribution is -2.65. The minimum Gasteiger partial charge on any atom is -0.480 e. The van der Waals surface area contributed by atoms with Crippen molar-refractivity contribution in [2.45, 2.75) is 135 Å². The summed E-state index contributed by atoms with van der Waals surface area (Å²) in [7, 11) is -1.01. The molecule has 12 atom stereocenters. The molecule has 6 saturated carbocycles. The Hall–Kier alpha value is -5.17. The largest absolute Gasteiger partial charge is 0.482 e. The molecule has 4 heterocycles. The van der Waals surface area contributed by atoms with Crippen LogP contribution in [0.5, 0.6) is 0 Å². The molecule has 73 heavy (non-hydrogen) atoms. The number of aliphatic carboxylic acids is 1. The van der Waals surface area contributed by atoms with Gasteiger partial charge in [0.1, 0.15) is 6.42 Å². The molecule has 19 heteroatoms.